The number of halogens is 1. The number of hydrogen-bond acceptors (Lipinski definition) is 4. The molecule has 0 spiro atoms. The van der Waals surface area contributed by atoms with Crippen LogP contribution < -0.4 is 11.1 Å². The van der Waals surface area contributed by atoms with Crippen LogP contribution in [0.4, 0.5) is 5.69 Å². The SMILES string of the molecule is CNC(=O)CCCS(=O)(=O)c1ccc(N)c(Cl)c1. The predicted octanol–water partition coefficient (Wildman–Crippen LogP) is 1.22. The third-order valence-corrected chi connectivity index (χ3v) is 4.55. The predicted molar refractivity (Wildman–Crippen MR) is 71.2 cm³/mol. The van der Waals surface area contributed by atoms with Gasteiger partial charge in [-0.15, -0.1) is 0 Å². The molecule has 0 heterocycles. The molecule has 0 unspecified atom stereocenters. The maximum absolute atomic E-state index is 11.9. The summed E-state index contributed by atoms with van der Waals surface area (Å²) in [6.45, 7) is 0. The maximum atomic E-state index is 11.9. The molecule has 7 heteroatoms. The molecule has 0 aliphatic heterocycles. The molecule has 1 rings (SSSR count). The fraction of sp³-hybridized carbons (Fsp3) is 0.364. The van der Waals surface area contributed by atoms with Gasteiger partial charge in [0.1, 0.15) is 0 Å². The number of benzene rings is 1. The second kappa shape index (κ2) is 6.06. The highest BCUT2D eigenvalue weighted by Gasteiger charge is 2.15. The van der Waals surface area contributed by atoms with Crippen molar-refractivity contribution in [2.75, 3.05) is 18.5 Å². The van der Waals surface area contributed by atoms with Crippen molar-refractivity contribution in [1.82, 2.24) is 5.32 Å². The van der Waals surface area contributed by atoms with E-state index in [1.165, 1.54) is 25.2 Å². The van der Waals surface area contributed by atoms with Crippen LogP contribution in [0.25, 0.3) is 0 Å². The Kier molecular flexibility index (Phi) is 4.98. The van der Waals surface area contributed by atoms with Crippen LogP contribution in [-0.4, -0.2) is 27.1 Å². The van der Waals surface area contributed by atoms with Crippen LogP contribution in [0.2, 0.25) is 5.02 Å². The molecule has 1 aromatic carbocycles. The summed E-state index contributed by atoms with van der Waals surface area (Å²) >= 11 is 5.77. The molecule has 0 bridgehead atoms. The van der Waals surface area contributed by atoms with Crippen LogP contribution in [0.3, 0.4) is 0 Å². The molecular weight excluding hydrogens is 276 g/mol. The van der Waals surface area contributed by atoms with Crippen LogP contribution in [0.1, 0.15) is 12.8 Å². The minimum absolute atomic E-state index is 0.0966. The van der Waals surface area contributed by atoms with Gasteiger partial charge in [0.15, 0.2) is 9.84 Å². The van der Waals surface area contributed by atoms with Gasteiger partial charge in [-0.3, -0.25) is 4.79 Å². The number of sulfone groups is 1. The molecule has 100 valence electrons. The molecule has 0 saturated carbocycles. The zero-order valence-electron chi connectivity index (χ0n) is 9.94. The summed E-state index contributed by atoms with van der Waals surface area (Å²) in [5.41, 5.74) is 5.84. The highest BCUT2D eigenvalue weighted by atomic mass is 35.5. The van der Waals surface area contributed by atoms with Gasteiger partial charge in [-0.2, -0.15) is 0 Å². The van der Waals surface area contributed by atoms with Crippen LogP contribution >= 0.6 is 11.6 Å². The summed E-state index contributed by atoms with van der Waals surface area (Å²) in [4.78, 5) is 11.1. The van der Waals surface area contributed by atoms with Gasteiger partial charge < -0.3 is 11.1 Å². The second-order valence-corrected chi connectivity index (χ2v) is 6.30. The van der Waals surface area contributed by atoms with Gasteiger partial charge in [-0.05, 0) is 24.6 Å². The molecule has 0 aromatic heterocycles. The molecule has 0 aliphatic rings. The fourth-order valence-electron chi connectivity index (χ4n) is 1.37. The van der Waals surface area contributed by atoms with E-state index < -0.39 is 9.84 Å². The first-order chi connectivity index (χ1) is 8.36. The van der Waals surface area contributed by atoms with Crippen molar-refractivity contribution in [2.24, 2.45) is 0 Å². The van der Waals surface area contributed by atoms with E-state index in [2.05, 4.69) is 5.32 Å². The molecule has 18 heavy (non-hydrogen) atoms. The van der Waals surface area contributed by atoms with Crippen molar-refractivity contribution in [1.29, 1.82) is 0 Å². The van der Waals surface area contributed by atoms with Gasteiger partial charge in [-0.1, -0.05) is 11.6 Å². The highest BCUT2D eigenvalue weighted by Crippen LogP contribution is 2.23. The molecule has 0 atom stereocenters. The lowest BCUT2D eigenvalue weighted by Gasteiger charge is -2.06. The van der Waals surface area contributed by atoms with Crippen LogP contribution in [0.5, 0.6) is 0 Å². The Morgan fingerprint density at radius 1 is 1.44 bits per heavy atom. The molecule has 0 fully saturated rings. The van der Waals surface area contributed by atoms with Crippen molar-refractivity contribution in [3.63, 3.8) is 0 Å². The number of carbonyl (C=O) groups excluding carboxylic acids is 1. The summed E-state index contributed by atoms with van der Waals surface area (Å²) in [5, 5.41) is 2.65. The zero-order valence-corrected chi connectivity index (χ0v) is 11.5. The fourth-order valence-corrected chi connectivity index (χ4v) is 2.95. The molecule has 3 N–H and O–H groups in total. The number of nitrogens with one attached hydrogen (secondary N) is 1. The van der Waals surface area contributed by atoms with Crippen LogP contribution in [-0.2, 0) is 14.6 Å². The number of carbonyl (C=O) groups is 1. The van der Waals surface area contributed by atoms with Crippen molar-refractivity contribution in [3.8, 4) is 0 Å². The maximum Gasteiger partial charge on any atom is 0.219 e. The third kappa shape index (κ3) is 3.89. The van der Waals surface area contributed by atoms with Gasteiger partial charge in [0, 0.05) is 13.5 Å². The standard InChI is InChI=1S/C11H15ClN2O3S/c1-14-11(15)3-2-6-18(16,17)8-4-5-10(13)9(12)7-8/h4-5,7H,2-3,6,13H2,1H3,(H,14,15). The van der Waals surface area contributed by atoms with Gasteiger partial charge in [0.2, 0.25) is 5.91 Å². The lowest BCUT2D eigenvalue weighted by molar-refractivity contribution is -0.120. The smallest absolute Gasteiger partial charge is 0.219 e. The summed E-state index contributed by atoms with van der Waals surface area (Å²) < 4.78 is 23.9. The zero-order chi connectivity index (χ0) is 13.8. The van der Waals surface area contributed by atoms with Crippen molar-refractivity contribution < 1.29 is 13.2 Å². The Bertz CT molecular complexity index is 543. The summed E-state index contributed by atoms with van der Waals surface area (Å²) in [7, 11) is -1.91. The first-order valence-electron chi connectivity index (χ1n) is 5.35. The van der Waals surface area contributed by atoms with E-state index >= 15 is 0 Å². The number of rotatable bonds is 5. The number of nitrogens with two attached hydrogens (primary N) is 1. The quantitative estimate of drug-likeness (QED) is 0.798. The molecule has 0 saturated heterocycles. The Morgan fingerprint density at radius 3 is 2.67 bits per heavy atom. The number of nitrogen functional groups attached to an aromatic ring is 1. The minimum atomic E-state index is -3.42. The van der Waals surface area contributed by atoms with Gasteiger partial charge in [-0.25, -0.2) is 8.42 Å². The minimum Gasteiger partial charge on any atom is -0.398 e. The van der Waals surface area contributed by atoms with Gasteiger partial charge in [0.25, 0.3) is 0 Å². The van der Waals surface area contributed by atoms with E-state index in [0.717, 1.165) is 0 Å². The Balaban J connectivity index is 2.74. The highest BCUT2D eigenvalue weighted by molar-refractivity contribution is 7.91. The third-order valence-electron chi connectivity index (χ3n) is 2.43. The van der Waals surface area contributed by atoms with E-state index in [9.17, 15) is 13.2 Å². The molecule has 5 nitrogen and oxygen atoms in total. The Hall–Kier alpha value is -1.27. The van der Waals surface area contributed by atoms with E-state index in [0.29, 0.717) is 5.69 Å². The number of amides is 1. The van der Waals surface area contributed by atoms with Crippen molar-refractivity contribution in [3.05, 3.63) is 23.2 Å². The second-order valence-electron chi connectivity index (χ2n) is 3.78. The molecule has 0 aliphatic carbocycles. The van der Waals surface area contributed by atoms with E-state index in [1.54, 1.807) is 0 Å². The summed E-state index contributed by atoms with van der Waals surface area (Å²) in [5.74, 6) is -0.277. The first-order valence-corrected chi connectivity index (χ1v) is 7.38. The van der Waals surface area contributed by atoms with E-state index in [4.69, 9.17) is 17.3 Å². The first kappa shape index (κ1) is 14.8. The molecule has 1 aromatic rings. The van der Waals surface area contributed by atoms with Crippen LogP contribution in [0.15, 0.2) is 23.1 Å². The van der Waals surface area contributed by atoms with Gasteiger partial charge in [0.05, 0.1) is 21.4 Å². The van der Waals surface area contributed by atoms with Crippen molar-refractivity contribution in [2.45, 2.75) is 17.7 Å². The van der Waals surface area contributed by atoms with E-state index in [-0.39, 0.29) is 34.4 Å². The number of anilines is 1. The molecular formula is C11H15ClN2O3S. The monoisotopic (exact) mass is 290 g/mol. The Labute approximate surface area is 111 Å². The average molecular weight is 291 g/mol. The van der Waals surface area contributed by atoms with E-state index in [1.807, 2.05) is 0 Å². The van der Waals surface area contributed by atoms with Gasteiger partial charge >= 0.3 is 0 Å². The summed E-state index contributed by atoms with van der Waals surface area (Å²) in [6, 6.07) is 4.19. The lowest BCUT2D eigenvalue weighted by Crippen LogP contribution is -2.18. The van der Waals surface area contributed by atoms with Crippen LogP contribution in [0, 0.1) is 0 Å². The molecule has 1 amide bonds. The normalized spacial score (nSPS) is 11.2. The van der Waals surface area contributed by atoms with Crippen molar-refractivity contribution >= 4 is 33.0 Å². The number of hydrogen-bond donors (Lipinski definition) is 2. The summed E-state index contributed by atoms with van der Waals surface area (Å²) in [6.07, 6.45) is 0.447. The molecule has 0 radical (unpaired) electrons. The largest absolute Gasteiger partial charge is 0.398 e. The average Bonchev–Trinajstić information content (AvgIpc) is 2.32. The lowest BCUT2D eigenvalue weighted by atomic mass is 10.3. The topological polar surface area (TPSA) is 89.3 Å². The Morgan fingerprint density at radius 2 is 2.11 bits per heavy atom.